The van der Waals surface area contributed by atoms with Gasteiger partial charge in [0.25, 0.3) is 11.8 Å². The number of para-hydroxylation sites is 1. The summed E-state index contributed by atoms with van der Waals surface area (Å²) < 4.78 is 29.5. The van der Waals surface area contributed by atoms with E-state index in [-0.39, 0.29) is 18.0 Å². The molecular formula is C21H23F2N3O3. The largest absolute Gasteiger partial charge is 0.342 e. The molecule has 0 aliphatic carbocycles. The second kappa shape index (κ2) is 6.93. The third kappa shape index (κ3) is 3.41. The van der Waals surface area contributed by atoms with Gasteiger partial charge in [0, 0.05) is 43.0 Å². The third-order valence-electron chi connectivity index (χ3n) is 5.99. The Morgan fingerprint density at radius 1 is 1.21 bits per heavy atom. The number of aromatic nitrogens is 1. The molecule has 6 nitrogen and oxygen atoms in total. The molecule has 1 aromatic heterocycles. The number of alkyl halides is 2. The molecule has 1 N–H and O–H groups in total. The molecule has 2 aliphatic heterocycles. The van der Waals surface area contributed by atoms with Gasteiger partial charge in [-0.15, -0.1) is 0 Å². The molecule has 154 valence electrons. The summed E-state index contributed by atoms with van der Waals surface area (Å²) >= 11 is 0. The van der Waals surface area contributed by atoms with Crippen LogP contribution in [0.15, 0.2) is 35.1 Å². The number of benzene rings is 1. The van der Waals surface area contributed by atoms with Gasteiger partial charge < -0.3 is 14.8 Å². The number of rotatable bonds is 2. The van der Waals surface area contributed by atoms with Gasteiger partial charge in [-0.25, -0.2) is 8.78 Å². The van der Waals surface area contributed by atoms with Crippen LogP contribution < -0.4 is 5.56 Å². The van der Waals surface area contributed by atoms with Crippen molar-refractivity contribution < 1.29 is 18.4 Å². The van der Waals surface area contributed by atoms with Crippen molar-refractivity contribution in [2.24, 2.45) is 5.41 Å². The minimum Gasteiger partial charge on any atom is -0.342 e. The van der Waals surface area contributed by atoms with Gasteiger partial charge in [-0.1, -0.05) is 18.2 Å². The Morgan fingerprint density at radius 3 is 2.72 bits per heavy atom. The SMILES string of the molecule is CCN1CCCC2(CN(C(=O)c3cc(=O)[nH]c4ccccc34)CC(F)(F)C2)C1=O. The second-order valence-electron chi connectivity index (χ2n) is 8.06. The maximum Gasteiger partial charge on any atom is 0.266 e. The lowest BCUT2D eigenvalue weighted by Gasteiger charge is -2.49. The lowest BCUT2D eigenvalue weighted by molar-refractivity contribution is -0.165. The number of piperidine rings is 2. The van der Waals surface area contributed by atoms with Crippen molar-refractivity contribution in [3.63, 3.8) is 0 Å². The maximum atomic E-state index is 14.7. The van der Waals surface area contributed by atoms with E-state index in [0.29, 0.717) is 36.8 Å². The Balaban J connectivity index is 1.74. The normalized spacial score (nSPS) is 24.3. The van der Waals surface area contributed by atoms with Gasteiger partial charge in [-0.2, -0.15) is 0 Å². The van der Waals surface area contributed by atoms with Crippen molar-refractivity contribution in [1.29, 1.82) is 0 Å². The van der Waals surface area contributed by atoms with Gasteiger partial charge >= 0.3 is 0 Å². The molecular weight excluding hydrogens is 380 g/mol. The summed E-state index contributed by atoms with van der Waals surface area (Å²) in [4.78, 5) is 43.6. The van der Waals surface area contributed by atoms with E-state index in [1.165, 1.54) is 0 Å². The summed E-state index contributed by atoms with van der Waals surface area (Å²) in [5, 5.41) is 0.491. The van der Waals surface area contributed by atoms with Crippen molar-refractivity contribution in [3.8, 4) is 0 Å². The van der Waals surface area contributed by atoms with Crippen LogP contribution in [0, 0.1) is 5.41 Å². The molecule has 1 aromatic carbocycles. The van der Waals surface area contributed by atoms with Gasteiger partial charge in [0.1, 0.15) is 0 Å². The molecule has 4 rings (SSSR count). The Kier molecular flexibility index (Phi) is 4.67. The van der Waals surface area contributed by atoms with Crippen molar-refractivity contribution in [2.45, 2.75) is 32.1 Å². The van der Waals surface area contributed by atoms with Crippen LogP contribution in [0.5, 0.6) is 0 Å². The number of H-pyrrole nitrogens is 1. The number of pyridine rings is 1. The first-order chi connectivity index (χ1) is 13.7. The number of carbonyl (C=O) groups excluding carboxylic acids is 2. The maximum absolute atomic E-state index is 14.7. The number of amides is 2. The fourth-order valence-electron chi connectivity index (χ4n) is 4.77. The van der Waals surface area contributed by atoms with Gasteiger partial charge in [0.2, 0.25) is 11.5 Å². The monoisotopic (exact) mass is 403 g/mol. The average molecular weight is 403 g/mol. The van der Waals surface area contributed by atoms with E-state index in [9.17, 15) is 23.2 Å². The number of fused-ring (bicyclic) bond motifs is 1. The summed E-state index contributed by atoms with van der Waals surface area (Å²) in [5.41, 5.74) is -1.21. The molecule has 29 heavy (non-hydrogen) atoms. The van der Waals surface area contributed by atoms with Gasteiger partial charge in [-0.05, 0) is 25.8 Å². The summed E-state index contributed by atoms with van der Waals surface area (Å²) in [7, 11) is 0. The number of hydrogen-bond acceptors (Lipinski definition) is 3. The number of hydrogen-bond donors (Lipinski definition) is 1. The zero-order valence-electron chi connectivity index (χ0n) is 16.2. The first kappa shape index (κ1) is 19.5. The van der Waals surface area contributed by atoms with Crippen LogP contribution in [0.25, 0.3) is 10.9 Å². The van der Waals surface area contributed by atoms with Crippen molar-refractivity contribution in [2.75, 3.05) is 26.2 Å². The van der Waals surface area contributed by atoms with Gasteiger partial charge in [-0.3, -0.25) is 14.4 Å². The van der Waals surface area contributed by atoms with E-state index in [2.05, 4.69) is 4.98 Å². The number of nitrogens with zero attached hydrogens (tertiary/aromatic N) is 2. The standard InChI is InChI=1S/C21H23F2N3O3/c1-2-25-9-5-8-20(19(25)29)11-21(22,23)13-26(12-20)18(28)15-10-17(27)24-16-7-4-3-6-14(15)16/h3-4,6-7,10H,2,5,8-9,11-13H2,1H3,(H,24,27). The molecule has 1 unspecified atom stereocenters. The zero-order valence-corrected chi connectivity index (χ0v) is 16.2. The highest BCUT2D eigenvalue weighted by Gasteiger charge is 2.56. The molecule has 2 saturated heterocycles. The molecule has 0 radical (unpaired) electrons. The molecule has 1 atom stereocenters. The predicted octanol–water partition coefficient (Wildman–Crippen LogP) is 2.64. The van der Waals surface area contributed by atoms with E-state index in [1.54, 1.807) is 29.2 Å². The predicted molar refractivity (Wildman–Crippen MR) is 104 cm³/mol. The highest BCUT2D eigenvalue weighted by molar-refractivity contribution is 6.06. The number of likely N-dealkylation sites (tertiary alicyclic amines) is 2. The Bertz CT molecular complexity index is 1040. The van der Waals surface area contributed by atoms with E-state index >= 15 is 0 Å². The Morgan fingerprint density at radius 2 is 1.97 bits per heavy atom. The van der Waals surface area contributed by atoms with Crippen LogP contribution in [0.4, 0.5) is 8.78 Å². The fourth-order valence-corrected chi connectivity index (χ4v) is 4.77. The molecule has 0 bridgehead atoms. The number of halogens is 2. The van der Waals surface area contributed by atoms with Crippen LogP contribution in [0.3, 0.4) is 0 Å². The van der Waals surface area contributed by atoms with Crippen molar-refractivity contribution in [3.05, 3.63) is 46.2 Å². The van der Waals surface area contributed by atoms with Crippen LogP contribution in [0.1, 0.15) is 36.5 Å². The summed E-state index contributed by atoms with van der Waals surface area (Å²) in [6.45, 7) is 2.02. The molecule has 1 spiro atoms. The molecule has 3 heterocycles. The van der Waals surface area contributed by atoms with Crippen LogP contribution in [-0.2, 0) is 4.79 Å². The van der Waals surface area contributed by atoms with Crippen LogP contribution in [-0.4, -0.2) is 58.7 Å². The smallest absolute Gasteiger partial charge is 0.266 e. The zero-order chi connectivity index (χ0) is 20.8. The third-order valence-corrected chi connectivity index (χ3v) is 5.99. The topological polar surface area (TPSA) is 73.5 Å². The summed E-state index contributed by atoms with van der Waals surface area (Å²) in [6, 6.07) is 7.90. The number of nitrogens with one attached hydrogen (secondary N) is 1. The molecule has 2 aromatic rings. The van der Waals surface area contributed by atoms with Gasteiger partial charge in [0.05, 0.1) is 17.5 Å². The molecule has 2 aliphatic rings. The molecule has 2 amide bonds. The van der Waals surface area contributed by atoms with E-state index in [4.69, 9.17) is 0 Å². The molecule has 2 fully saturated rings. The van der Waals surface area contributed by atoms with Crippen LogP contribution >= 0.6 is 0 Å². The van der Waals surface area contributed by atoms with E-state index in [1.807, 2.05) is 6.92 Å². The molecule has 8 heteroatoms. The summed E-state index contributed by atoms with van der Waals surface area (Å²) in [5.74, 6) is -4.12. The Labute approximate surface area is 166 Å². The van der Waals surface area contributed by atoms with E-state index < -0.39 is 35.8 Å². The minimum absolute atomic E-state index is 0.0577. The van der Waals surface area contributed by atoms with Crippen molar-refractivity contribution in [1.82, 2.24) is 14.8 Å². The first-order valence-electron chi connectivity index (χ1n) is 9.83. The first-order valence-corrected chi connectivity index (χ1v) is 9.83. The lowest BCUT2D eigenvalue weighted by atomic mass is 9.71. The fraction of sp³-hybridized carbons (Fsp3) is 0.476. The Hall–Kier alpha value is -2.77. The van der Waals surface area contributed by atoms with Crippen molar-refractivity contribution >= 4 is 22.7 Å². The summed E-state index contributed by atoms with van der Waals surface area (Å²) in [6.07, 6.45) is 0.415. The second-order valence-corrected chi connectivity index (χ2v) is 8.06. The number of carbonyl (C=O) groups is 2. The highest BCUT2D eigenvalue weighted by Crippen LogP contribution is 2.45. The van der Waals surface area contributed by atoms with Gasteiger partial charge in [0.15, 0.2) is 0 Å². The average Bonchev–Trinajstić information content (AvgIpc) is 2.67. The molecule has 0 saturated carbocycles. The number of aromatic amines is 1. The lowest BCUT2D eigenvalue weighted by Crippen LogP contribution is -2.62. The quantitative estimate of drug-likeness (QED) is 0.838. The van der Waals surface area contributed by atoms with E-state index in [0.717, 1.165) is 11.0 Å². The minimum atomic E-state index is -3.17. The highest BCUT2D eigenvalue weighted by atomic mass is 19.3. The van der Waals surface area contributed by atoms with Crippen LogP contribution in [0.2, 0.25) is 0 Å².